The van der Waals surface area contributed by atoms with Gasteiger partial charge >= 0.3 is 136 Å². The van der Waals surface area contributed by atoms with Crippen LogP contribution in [0.3, 0.4) is 0 Å². The van der Waals surface area contributed by atoms with E-state index in [1.165, 1.54) is 6.20 Å². The second-order valence-electron chi connectivity index (χ2n) is 4.70. The van der Waals surface area contributed by atoms with Gasteiger partial charge in [-0.3, -0.25) is 0 Å². The van der Waals surface area contributed by atoms with Gasteiger partial charge in [-0.2, -0.15) is 0 Å². The van der Waals surface area contributed by atoms with Gasteiger partial charge in [-0.05, 0) is 0 Å². The summed E-state index contributed by atoms with van der Waals surface area (Å²) in [7, 11) is 0. The van der Waals surface area contributed by atoms with E-state index in [4.69, 9.17) is 0 Å². The van der Waals surface area contributed by atoms with Crippen LogP contribution >= 0.6 is 20.1 Å². The standard InChI is InChI=1S/C14H10F4IN3O/c1-8(14(16,17)18)23-13-12(15)5-10(6-20-13)9-2-3-19-11(4-9)7-21-22-19/h2-8H,1H3/t8-/m0/s1. The summed E-state index contributed by atoms with van der Waals surface area (Å²) in [6.45, 7) is 0.798. The molecule has 2 aliphatic heterocycles. The predicted octanol–water partition coefficient (Wildman–Crippen LogP) is 5.19. The molecule has 0 fully saturated rings. The van der Waals surface area contributed by atoms with Crippen LogP contribution in [0.15, 0.2) is 46.7 Å². The number of allylic oxidation sites excluding steroid dienone is 4. The fraction of sp³-hybridized carbons (Fsp3) is 0.214. The average Bonchev–Trinajstić information content (AvgIpc) is 2.95. The molecule has 0 aromatic carbocycles. The summed E-state index contributed by atoms with van der Waals surface area (Å²) in [6, 6.07) is 1.11. The number of fused-ring (bicyclic) bond motifs is 1. The molecule has 3 heterocycles. The third-order valence-electron chi connectivity index (χ3n) is 3.08. The second kappa shape index (κ2) is 6.02. The Balaban J connectivity index is 1.82. The van der Waals surface area contributed by atoms with Crippen molar-refractivity contribution in [1.29, 1.82) is 0 Å². The molecule has 0 N–H and O–H groups in total. The fourth-order valence-corrected chi connectivity index (χ4v) is 4.81. The third-order valence-corrected chi connectivity index (χ3v) is 6.70. The molecule has 4 nitrogen and oxygen atoms in total. The molecular weight excluding hydrogens is 429 g/mol. The summed E-state index contributed by atoms with van der Waals surface area (Å²) in [5, 5.41) is 3.86. The van der Waals surface area contributed by atoms with Gasteiger partial charge in [0.15, 0.2) is 0 Å². The van der Waals surface area contributed by atoms with E-state index in [2.05, 4.69) is 18.2 Å². The van der Waals surface area contributed by atoms with Crippen molar-refractivity contribution in [2.45, 2.75) is 19.2 Å². The summed E-state index contributed by atoms with van der Waals surface area (Å²) in [6.07, 6.45) is -0.110. The molecule has 23 heavy (non-hydrogen) atoms. The van der Waals surface area contributed by atoms with E-state index < -0.39 is 44.1 Å². The van der Waals surface area contributed by atoms with Crippen LogP contribution in [0, 0.1) is 5.82 Å². The number of hydrogen-bond acceptors (Lipinski definition) is 4. The summed E-state index contributed by atoms with van der Waals surface area (Å²) in [4.78, 5) is 3.67. The second-order valence-corrected chi connectivity index (χ2v) is 8.76. The Morgan fingerprint density at radius 1 is 1.30 bits per heavy atom. The van der Waals surface area contributed by atoms with E-state index in [1.807, 2.05) is 16.2 Å². The van der Waals surface area contributed by atoms with Crippen LogP contribution in [0.1, 0.15) is 12.5 Å². The molecule has 0 radical (unpaired) electrons. The first-order chi connectivity index (χ1) is 10.8. The van der Waals surface area contributed by atoms with Gasteiger partial charge in [-0.1, -0.05) is 0 Å². The van der Waals surface area contributed by atoms with Gasteiger partial charge in [0, 0.05) is 0 Å². The zero-order valence-corrected chi connectivity index (χ0v) is 13.8. The normalized spacial score (nSPS) is 19.3. The van der Waals surface area contributed by atoms with Crippen molar-refractivity contribution in [2.24, 2.45) is 8.44 Å². The number of halogens is 5. The molecule has 1 aromatic rings. The van der Waals surface area contributed by atoms with Crippen molar-refractivity contribution in [1.82, 2.24) is 4.98 Å². The van der Waals surface area contributed by atoms with Gasteiger partial charge in [-0.15, -0.1) is 0 Å². The molecule has 9 heteroatoms. The van der Waals surface area contributed by atoms with E-state index in [1.54, 1.807) is 6.20 Å². The molecular formula is C14H10F4IN3O. The molecule has 0 unspecified atom stereocenters. The minimum atomic E-state index is -4.58. The maximum atomic E-state index is 14.0. The number of pyridine rings is 1. The molecule has 0 saturated carbocycles. The SMILES string of the molecule is C[C@H](Oc1ncc(C2=CC3=CN=NI3C=C2)cc1F)C(F)(F)F. The van der Waals surface area contributed by atoms with Crippen LogP contribution in [-0.4, -0.2) is 17.3 Å². The van der Waals surface area contributed by atoms with Crippen LogP contribution in [-0.2, 0) is 0 Å². The van der Waals surface area contributed by atoms with Crippen molar-refractivity contribution < 1.29 is 22.3 Å². The molecule has 0 bridgehead atoms. The number of alkyl halides is 3. The van der Waals surface area contributed by atoms with Gasteiger partial charge in [0.25, 0.3) is 0 Å². The van der Waals surface area contributed by atoms with Crippen LogP contribution in [0.25, 0.3) is 5.57 Å². The first-order valence-corrected chi connectivity index (χ1v) is 9.72. The third kappa shape index (κ3) is 3.43. The molecule has 0 amide bonds. The Morgan fingerprint density at radius 2 is 2.09 bits per heavy atom. The van der Waals surface area contributed by atoms with Crippen molar-refractivity contribution >= 4 is 25.7 Å². The Bertz CT molecular complexity index is 755. The topological polar surface area (TPSA) is 46.8 Å². The molecule has 0 spiro atoms. The van der Waals surface area contributed by atoms with Gasteiger partial charge in [0.2, 0.25) is 0 Å². The van der Waals surface area contributed by atoms with E-state index in [9.17, 15) is 17.6 Å². The Morgan fingerprint density at radius 3 is 2.78 bits per heavy atom. The summed E-state index contributed by atoms with van der Waals surface area (Å²) in [5.41, 5.74) is 1.16. The van der Waals surface area contributed by atoms with Crippen molar-refractivity contribution in [3.05, 3.63) is 49.7 Å². The molecule has 3 rings (SSSR count). The molecule has 122 valence electrons. The van der Waals surface area contributed by atoms with Crippen molar-refractivity contribution in [3.63, 3.8) is 0 Å². The van der Waals surface area contributed by atoms with E-state index in [-0.39, 0.29) is 0 Å². The van der Waals surface area contributed by atoms with Gasteiger partial charge in [0.05, 0.1) is 0 Å². The first kappa shape index (κ1) is 16.1. The Kier molecular flexibility index (Phi) is 4.21. The van der Waals surface area contributed by atoms with E-state index in [0.717, 1.165) is 16.6 Å². The molecule has 2 aliphatic rings. The van der Waals surface area contributed by atoms with Crippen LogP contribution in [0.5, 0.6) is 5.88 Å². The predicted molar refractivity (Wildman–Crippen MR) is 84.4 cm³/mol. The van der Waals surface area contributed by atoms with Crippen molar-refractivity contribution in [3.8, 4) is 5.88 Å². The summed E-state index contributed by atoms with van der Waals surface area (Å²) >= 11 is -1.69. The molecule has 1 atom stereocenters. The minimum absolute atomic E-state index is 0.453. The zero-order chi connectivity index (χ0) is 16.6. The molecule has 0 saturated heterocycles. The van der Waals surface area contributed by atoms with Crippen LogP contribution < -0.4 is 4.74 Å². The number of aromatic nitrogens is 1. The Labute approximate surface area is 136 Å². The zero-order valence-electron chi connectivity index (χ0n) is 11.7. The monoisotopic (exact) mass is 439 g/mol. The molecule has 0 aliphatic carbocycles. The number of rotatable bonds is 3. The maximum absolute atomic E-state index is 14.0. The summed E-state index contributed by atoms with van der Waals surface area (Å²) in [5.74, 6) is -1.61. The van der Waals surface area contributed by atoms with Crippen LogP contribution in [0.4, 0.5) is 17.6 Å². The number of ether oxygens (including phenoxy) is 1. The average molecular weight is 439 g/mol. The fourth-order valence-electron chi connectivity index (χ4n) is 1.82. The van der Waals surface area contributed by atoms with E-state index in [0.29, 0.717) is 11.1 Å². The van der Waals surface area contributed by atoms with E-state index >= 15 is 0 Å². The quantitative estimate of drug-likeness (QED) is 0.481. The summed E-state index contributed by atoms with van der Waals surface area (Å²) < 4.78 is 62.9. The first-order valence-electron chi connectivity index (χ1n) is 6.43. The number of nitrogens with zero attached hydrogens (tertiary/aromatic N) is 3. The number of hydrogen-bond donors (Lipinski definition) is 0. The van der Waals surface area contributed by atoms with Gasteiger partial charge in [-0.25, -0.2) is 0 Å². The van der Waals surface area contributed by atoms with Gasteiger partial charge < -0.3 is 0 Å². The Hall–Kier alpha value is -1.78. The molecule has 1 aromatic heterocycles. The van der Waals surface area contributed by atoms with Crippen molar-refractivity contribution in [2.75, 3.05) is 0 Å². The van der Waals surface area contributed by atoms with Gasteiger partial charge in [0.1, 0.15) is 0 Å². The van der Waals surface area contributed by atoms with Crippen LogP contribution in [0.2, 0.25) is 0 Å².